The third-order valence-corrected chi connectivity index (χ3v) is 6.15. The maximum Gasteiger partial charge on any atom is 0.331 e. The summed E-state index contributed by atoms with van der Waals surface area (Å²) in [4.78, 5) is 13.0. The van der Waals surface area contributed by atoms with Gasteiger partial charge in [0.1, 0.15) is 5.54 Å². The van der Waals surface area contributed by atoms with E-state index >= 15 is 0 Å². The molecule has 0 unspecified atom stereocenters. The molecule has 0 aliphatic heterocycles. The van der Waals surface area contributed by atoms with Crippen LogP contribution in [0, 0.1) is 22.7 Å². The minimum Gasteiger partial charge on any atom is -0.464 e. The summed E-state index contributed by atoms with van der Waals surface area (Å²) in [6.07, 6.45) is 6.11. The van der Waals surface area contributed by atoms with Crippen LogP contribution in [0.25, 0.3) is 0 Å². The zero-order valence-electron chi connectivity index (χ0n) is 14.6. The molecule has 1 spiro atoms. The number of carbonyl (C=O) groups is 1. The van der Waals surface area contributed by atoms with Gasteiger partial charge in [-0.25, -0.2) is 4.79 Å². The van der Waals surface area contributed by atoms with Crippen molar-refractivity contribution < 1.29 is 9.53 Å². The van der Waals surface area contributed by atoms with Gasteiger partial charge in [0.25, 0.3) is 0 Å². The van der Waals surface area contributed by atoms with Gasteiger partial charge in [-0.3, -0.25) is 0 Å². The van der Waals surface area contributed by atoms with Gasteiger partial charge < -0.3 is 10.5 Å². The molecule has 2 aliphatic carbocycles. The van der Waals surface area contributed by atoms with Crippen LogP contribution in [-0.4, -0.2) is 12.6 Å². The Morgan fingerprint density at radius 1 is 1.46 bits per heavy atom. The predicted molar refractivity (Wildman–Crippen MR) is 92.0 cm³/mol. The zero-order chi connectivity index (χ0) is 17.4. The van der Waals surface area contributed by atoms with E-state index in [1.807, 2.05) is 19.1 Å². The van der Waals surface area contributed by atoms with Crippen LogP contribution >= 0.6 is 0 Å². The summed E-state index contributed by atoms with van der Waals surface area (Å²) in [7, 11) is 0. The molecule has 128 valence electrons. The molecule has 0 aromatic heterocycles. The van der Waals surface area contributed by atoms with E-state index in [1.54, 1.807) is 6.07 Å². The fraction of sp³-hybridized carbons (Fsp3) is 0.600. The van der Waals surface area contributed by atoms with Crippen LogP contribution in [0.1, 0.15) is 62.6 Å². The Morgan fingerprint density at radius 2 is 2.25 bits per heavy atom. The molecule has 4 heteroatoms. The number of rotatable bonds is 3. The normalized spacial score (nSPS) is 31.5. The molecule has 1 saturated carbocycles. The molecule has 1 aromatic rings. The molecule has 1 fully saturated rings. The number of fused-ring (bicyclic) bond motifs is 1. The number of benzene rings is 1. The van der Waals surface area contributed by atoms with Crippen molar-refractivity contribution in [2.45, 2.75) is 57.9 Å². The first-order valence-electron chi connectivity index (χ1n) is 9.00. The Bertz CT molecular complexity index is 693. The molecule has 24 heavy (non-hydrogen) atoms. The summed E-state index contributed by atoms with van der Waals surface area (Å²) in [6.45, 7) is 4.34. The monoisotopic (exact) mass is 326 g/mol. The van der Waals surface area contributed by atoms with Gasteiger partial charge in [0.05, 0.1) is 18.2 Å². The van der Waals surface area contributed by atoms with Gasteiger partial charge in [-0.2, -0.15) is 5.26 Å². The highest BCUT2D eigenvalue weighted by atomic mass is 16.5. The first-order chi connectivity index (χ1) is 11.5. The van der Waals surface area contributed by atoms with Gasteiger partial charge in [0.2, 0.25) is 0 Å². The molecule has 0 amide bonds. The van der Waals surface area contributed by atoms with E-state index in [0.717, 1.165) is 43.2 Å². The van der Waals surface area contributed by atoms with Crippen LogP contribution in [0.4, 0.5) is 0 Å². The summed E-state index contributed by atoms with van der Waals surface area (Å²) >= 11 is 0. The van der Waals surface area contributed by atoms with Gasteiger partial charge in [0.15, 0.2) is 0 Å². The molecule has 0 bridgehead atoms. The summed E-state index contributed by atoms with van der Waals surface area (Å²) in [6, 6.07) is 7.77. The number of ether oxygens (including phenoxy) is 1. The predicted octanol–water partition coefficient (Wildman–Crippen LogP) is 3.42. The van der Waals surface area contributed by atoms with Crippen LogP contribution in [0.15, 0.2) is 18.2 Å². The fourth-order valence-electron chi connectivity index (χ4n) is 4.88. The van der Waals surface area contributed by atoms with Crippen molar-refractivity contribution in [1.82, 2.24) is 0 Å². The molecule has 4 nitrogen and oxygen atoms in total. The number of hydrogen-bond acceptors (Lipinski definition) is 4. The van der Waals surface area contributed by atoms with Crippen molar-refractivity contribution in [3.8, 4) is 6.07 Å². The van der Waals surface area contributed by atoms with E-state index in [2.05, 4.69) is 13.0 Å². The van der Waals surface area contributed by atoms with Crippen molar-refractivity contribution in [3.05, 3.63) is 34.9 Å². The Morgan fingerprint density at radius 3 is 2.92 bits per heavy atom. The summed E-state index contributed by atoms with van der Waals surface area (Å²) < 4.78 is 5.41. The number of carbonyl (C=O) groups excluding carboxylic acids is 1. The Balaban J connectivity index is 2.13. The van der Waals surface area contributed by atoms with Crippen molar-refractivity contribution in [3.63, 3.8) is 0 Å². The third kappa shape index (κ3) is 2.34. The molecular weight excluding hydrogens is 300 g/mol. The first-order valence-corrected chi connectivity index (χ1v) is 9.00. The highest BCUT2D eigenvalue weighted by Gasteiger charge is 2.61. The minimum absolute atomic E-state index is 0.283. The molecule has 3 atom stereocenters. The minimum atomic E-state index is -1.14. The van der Waals surface area contributed by atoms with Crippen molar-refractivity contribution in [2.24, 2.45) is 17.1 Å². The van der Waals surface area contributed by atoms with Crippen LogP contribution in [0.5, 0.6) is 0 Å². The molecular formula is C20H26N2O2. The van der Waals surface area contributed by atoms with E-state index in [1.165, 1.54) is 6.42 Å². The zero-order valence-corrected chi connectivity index (χ0v) is 14.6. The first kappa shape index (κ1) is 17.0. The SMILES string of the molecule is CCOC(=O)[C@]1(N)c2cc(C#N)ccc2C[C@@]12CCC[C@@H](CC)C2. The van der Waals surface area contributed by atoms with Gasteiger partial charge in [-0.05, 0) is 55.4 Å². The van der Waals surface area contributed by atoms with Gasteiger partial charge in [-0.15, -0.1) is 0 Å². The van der Waals surface area contributed by atoms with Crippen LogP contribution < -0.4 is 5.73 Å². The highest BCUT2D eigenvalue weighted by molar-refractivity contribution is 5.86. The van der Waals surface area contributed by atoms with E-state index < -0.39 is 5.54 Å². The van der Waals surface area contributed by atoms with E-state index in [9.17, 15) is 10.1 Å². The molecule has 1 aromatic carbocycles. The van der Waals surface area contributed by atoms with Crippen LogP contribution in [0.2, 0.25) is 0 Å². The molecule has 0 heterocycles. The summed E-state index contributed by atoms with van der Waals surface area (Å²) in [5, 5.41) is 9.26. The second kappa shape index (κ2) is 6.22. The summed E-state index contributed by atoms with van der Waals surface area (Å²) in [5.41, 5.74) is 7.89. The maximum atomic E-state index is 13.0. The number of esters is 1. The molecule has 2 N–H and O–H groups in total. The lowest BCUT2D eigenvalue weighted by Gasteiger charge is -2.47. The van der Waals surface area contributed by atoms with E-state index in [4.69, 9.17) is 10.5 Å². The lowest BCUT2D eigenvalue weighted by molar-refractivity contribution is -0.157. The number of nitrogens with two attached hydrogens (primary N) is 1. The largest absolute Gasteiger partial charge is 0.464 e. The maximum absolute atomic E-state index is 13.0. The summed E-state index contributed by atoms with van der Waals surface area (Å²) in [5.74, 6) is 0.261. The van der Waals surface area contributed by atoms with Gasteiger partial charge in [-0.1, -0.05) is 32.3 Å². The van der Waals surface area contributed by atoms with Crippen molar-refractivity contribution >= 4 is 5.97 Å². The smallest absolute Gasteiger partial charge is 0.331 e. The quantitative estimate of drug-likeness (QED) is 0.864. The molecule has 3 rings (SSSR count). The third-order valence-electron chi connectivity index (χ3n) is 6.15. The fourth-order valence-corrected chi connectivity index (χ4v) is 4.88. The van der Waals surface area contributed by atoms with Crippen LogP contribution in [-0.2, 0) is 21.5 Å². The Hall–Kier alpha value is -1.86. The second-order valence-electron chi connectivity index (χ2n) is 7.34. The lowest BCUT2D eigenvalue weighted by atomic mass is 9.59. The number of nitrogens with zero attached hydrogens (tertiary/aromatic N) is 1. The topological polar surface area (TPSA) is 76.1 Å². The average Bonchev–Trinajstić information content (AvgIpc) is 2.84. The van der Waals surface area contributed by atoms with E-state index in [0.29, 0.717) is 18.1 Å². The Labute approximate surface area is 144 Å². The second-order valence-corrected chi connectivity index (χ2v) is 7.34. The average molecular weight is 326 g/mol. The van der Waals surface area contributed by atoms with E-state index in [-0.39, 0.29) is 11.4 Å². The molecule has 2 aliphatic rings. The number of nitriles is 1. The van der Waals surface area contributed by atoms with Crippen molar-refractivity contribution in [1.29, 1.82) is 5.26 Å². The molecule has 0 saturated heterocycles. The van der Waals surface area contributed by atoms with Gasteiger partial charge in [0, 0.05) is 5.41 Å². The lowest BCUT2D eigenvalue weighted by Crippen LogP contribution is -2.58. The highest BCUT2D eigenvalue weighted by Crippen LogP contribution is 2.58. The van der Waals surface area contributed by atoms with Crippen LogP contribution in [0.3, 0.4) is 0 Å². The van der Waals surface area contributed by atoms with Crippen molar-refractivity contribution in [2.75, 3.05) is 6.61 Å². The van der Waals surface area contributed by atoms with Gasteiger partial charge >= 0.3 is 5.97 Å². The standard InChI is InChI=1S/C20H26N2O2/c1-3-14-6-5-9-19(11-14)12-16-8-7-15(13-21)10-17(16)20(19,22)18(23)24-4-2/h7-8,10,14H,3-6,9,11-12,22H2,1-2H3/t14-,19+,20-/m1/s1. The molecule has 0 radical (unpaired) electrons. The Kier molecular flexibility index (Phi) is 4.40. The number of hydrogen-bond donors (Lipinski definition) is 1.